The fraction of sp³-hybridized carbons (Fsp3) is 0.714. The van der Waals surface area contributed by atoms with E-state index in [0.29, 0.717) is 0 Å². The minimum absolute atomic E-state index is 0.0896. The number of carboxylic acids is 1. The summed E-state index contributed by atoms with van der Waals surface area (Å²) in [5.41, 5.74) is 0. The highest BCUT2D eigenvalue weighted by Gasteiger charge is 2.64. The number of fused-ring (bicyclic) bond motifs is 1. The first kappa shape index (κ1) is 15.4. The Labute approximate surface area is 123 Å². The van der Waals surface area contributed by atoms with Crippen LogP contribution < -0.4 is 5.32 Å². The number of carbonyl (C=O) groups is 2. The number of carboxylic acid groups (broad SMARTS) is 1. The molecule has 5 nitrogen and oxygen atoms in total. The summed E-state index contributed by atoms with van der Waals surface area (Å²) in [5, 5.41) is 12.5. The van der Waals surface area contributed by atoms with Gasteiger partial charge in [-0.2, -0.15) is 0 Å². The van der Waals surface area contributed by atoms with E-state index >= 15 is 0 Å². The quantitative estimate of drug-likeness (QED) is 0.423. The smallest absolute Gasteiger partial charge is 0.328 e. The van der Waals surface area contributed by atoms with Gasteiger partial charge in [0.15, 0.2) is 0 Å². The lowest BCUT2D eigenvalue weighted by Gasteiger charge is -2.43. The molecule has 2 N–H and O–H groups in total. The van der Waals surface area contributed by atoms with Crippen LogP contribution in [0.15, 0.2) is 12.7 Å². The van der Waals surface area contributed by atoms with Gasteiger partial charge in [-0.15, -0.1) is 18.3 Å². The first-order valence-corrected chi connectivity index (χ1v) is 7.94. The topological polar surface area (TPSA) is 69.6 Å². The molecule has 4 atom stereocenters. The molecule has 2 heterocycles. The van der Waals surface area contributed by atoms with Gasteiger partial charge in [-0.25, -0.2) is 4.79 Å². The Kier molecular flexibility index (Phi) is 4.44. The minimum atomic E-state index is -0.958. The Hall–Kier alpha value is -1.01. The molecule has 2 saturated heterocycles. The van der Waals surface area contributed by atoms with E-state index in [4.69, 9.17) is 0 Å². The zero-order chi connectivity index (χ0) is 14.9. The maximum absolute atomic E-state index is 12.2. The predicted molar refractivity (Wildman–Crippen MR) is 79.6 cm³/mol. The van der Waals surface area contributed by atoms with Gasteiger partial charge in [-0.05, 0) is 19.9 Å². The number of thioether (sulfide) groups is 1. The SMILES string of the molecule is C=CC1(C)SC2C(NCCCCC)C(=O)N2C1C(=O)O. The molecular weight excluding hydrogens is 276 g/mol. The number of unbranched alkanes of at least 4 members (excludes halogenated alkanes) is 2. The lowest BCUT2D eigenvalue weighted by atomic mass is 9.94. The third-order valence-electron chi connectivity index (χ3n) is 4.06. The zero-order valence-corrected chi connectivity index (χ0v) is 12.8. The lowest BCUT2D eigenvalue weighted by Crippen LogP contribution is -2.70. The number of carbonyl (C=O) groups excluding carboxylic acids is 1. The van der Waals surface area contributed by atoms with Crippen LogP contribution >= 0.6 is 11.8 Å². The van der Waals surface area contributed by atoms with Gasteiger partial charge in [-0.1, -0.05) is 25.8 Å². The summed E-state index contributed by atoms with van der Waals surface area (Å²) >= 11 is 1.52. The van der Waals surface area contributed by atoms with Crippen LogP contribution in [0.25, 0.3) is 0 Å². The number of aliphatic carboxylic acids is 1. The molecule has 2 fully saturated rings. The number of β-lactam (4-membered cyclic amide) rings is 1. The number of rotatable bonds is 7. The average molecular weight is 298 g/mol. The number of hydrogen-bond acceptors (Lipinski definition) is 4. The van der Waals surface area contributed by atoms with Crippen LogP contribution in [-0.2, 0) is 9.59 Å². The second-order valence-corrected chi connectivity index (χ2v) is 7.12. The van der Waals surface area contributed by atoms with E-state index in [1.807, 2.05) is 6.92 Å². The highest BCUT2D eigenvalue weighted by Crippen LogP contribution is 2.51. The standard InChI is InChI=1S/C14H22N2O3S/c1-4-6-7-8-15-9-11(17)16-10(13(18)19)14(3,5-2)20-12(9)16/h5,9-10,12,15H,2,4,6-8H2,1,3H3,(H,18,19). The van der Waals surface area contributed by atoms with Gasteiger partial charge in [0, 0.05) is 0 Å². The molecule has 0 saturated carbocycles. The Morgan fingerprint density at radius 1 is 1.60 bits per heavy atom. The van der Waals surface area contributed by atoms with Gasteiger partial charge in [0.05, 0.1) is 4.75 Å². The van der Waals surface area contributed by atoms with Gasteiger partial charge < -0.3 is 15.3 Å². The summed E-state index contributed by atoms with van der Waals surface area (Å²) in [6.07, 6.45) is 4.97. The fourth-order valence-corrected chi connectivity index (χ4v) is 4.48. The molecule has 112 valence electrons. The van der Waals surface area contributed by atoms with E-state index in [1.165, 1.54) is 16.7 Å². The third kappa shape index (κ3) is 2.35. The molecule has 0 aromatic rings. The van der Waals surface area contributed by atoms with Crippen molar-refractivity contribution in [2.75, 3.05) is 6.54 Å². The van der Waals surface area contributed by atoms with E-state index in [-0.39, 0.29) is 17.3 Å². The average Bonchev–Trinajstić information content (AvgIpc) is 2.69. The molecule has 2 aliphatic heterocycles. The minimum Gasteiger partial charge on any atom is -0.480 e. The van der Waals surface area contributed by atoms with E-state index in [2.05, 4.69) is 18.8 Å². The summed E-state index contributed by atoms with van der Waals surface area (Å²) < 4.78 is -0.619. The maximum Gasteiger partial charge on any atom is 0.328 e. The molecule has 2 rings (SSSR count). The van der Waals surface area contributed by atoms with Crippen molar-refractivity contribution in [1.29, 1.82) is 0 Å². The van der Waals surface area contributed by atoms with Crippen molar-refractivity contribution in [3.63, 3.8) is 0 Å². The normalized spacial score (nSPS) is 35.6. The molecule has 0 bridgehead atoms. The summed E-state index contributed by atoms with van der Waals surface area (Å²) in [7, 11) is 0. The molecule has 0 aliphatic carbocycles. The summed E-state index contributed by atoms with van der Waals surface area (Å²) in [6, 6.07) is -1.06. The predicted octanol–water partition coefficient (Wildman–Crippen LogP) is 1.45. The zero-order valence-electron chi connectivity index (χ0n) is 12.0. The van der Waals surface area contributed by atoms with Crippen molar-refractivity contribution >= 4 is 23.6 Å². The van der Waals surface area contributed by atoms with Gasteiger partial charge >= 0.3 is 5.97 Å². The second-order valence-electron chi connectivity index (χ2n) is 5.52. The highest BCUT2D eigenvalue weighted by atomic mass is 32.2. The van der Waals surface area contributed by atoms with E-state index in [1.54, 1.807) is 6.08 Å². The third-order valence-corrected chi connectivity index (χ3v) is 5.70. The molecule has 6 heteroatoms. The van der Waals surface area contributed by atoms with E-state index in [0.717, 1.165) is 25.8 Å². The van der Waals surface area contributed by atoms with Crippen molar-refractivity contribution in [2.45, 2.75) is 55.3 Å². The van der Waals surface area contributed by atoms with Gasteiger partial charge in [0.25, 0.3) is 0 Å². The second kappa shape index (κ2) is 5.77. The summed E-state index contributed by atoms with van der Waals surface area (Å²) in [4.78, 5) is 25.1. The number of hydrogen-bond donors (Lipinski definition) is 2. The van der Waals surface area contributed by atoms with Crippen LogP contribution in [0.1, 0.15) is 33.1 Å². The van der Waals surface area contributed by atoms with E-state index < -0.39 is 16.8 Å². The van der Waals surface area contributed by atoms with Gasteiger partial charge in [0.2, 0.25) is 5.91 Å². The summed E-state index contributed by atoms with van der Waals surface area (Å²) in [6.45, 7) is 8.51. The molecule has 0 aromatic carbocycles. The van der Waals surface area contributed by atoms with Crippen LogP contribution in [0.4, 0.5) is 0 Å². The number of amides is 1. The monoisotopic (exact) mass is 298 g/mol. The van der Waals surface area contributed by atoms with Crippen LogP contribution in [0.2, 0.25) is 0 Å². The Balaban J connectivity index is 2.03. The van der Waals surface area contributed by atoms with Crippen molar-refractivity contribution in [3.8, 4) is 0 Å². The number of nitrogens with zero attached hydrogens (tertiary/aromatic N) is 1. The van der Waals surface area contributed by atoms with Crippen LogP contribution in [0, 0.1) is 0 Å². The van der Waals surface area contributed by atoms with Crippen LogP contribution in [0.3, 0.4) is 0 Å². The number of nitrogens with one attached hydrogen (secondary N) is 1. The first-order valence-electron chi connectivity index (χ1n) is 7.06. The highest BCUT2D eigenvalue weighted by molar-refractivity contribution is 8.02. The Morgan fingerprint density at radius 2 is 2.30 bits per heavy atom. The molecule has 2 aliphatic rings. The largest absolute Gasteiger partial charge is 0.480 e. The Morgan fingerprint density at radius 3 is 2.85 bits per heavy atom. The van der Waals surface area contributed by atoms with Crippen LogP contribution in [-0.4, -0.2) is 50.6 Å². The molecule has 0 aromatic heterocycles. The first-order chi connectivity index (χ1) is 9.46. The lowest BCUT2D eigenvalue weighted by molar-refractivity contribution is -0.159. The molecule has 1 amide bonds. The van der Waals surface area contributed by atoms with E-state index in [9.17, 15) is 14.7 Å². The molecule has 0 radical (unpaired) electrons. The Bertz CT molecular complexity index is 429. The fourth-order valence-electron chi connectivity index (χ4n) is 2.83. The maximum atomic E-state index is 12.2. The van der Waals surface area contributed by atoms with Crippen molar-refractivity contribution < 1.29 is 14.7 Å². The molecule has 0 spiro atoms. The summed E-state index contributed by atoms with van der Waals surface area (Å²) in [5.74, 6) is -1.06. The molecular formula is C14H22N2O3S. The van der Waals surface area contributed by atoms with Crippen molar-refractivity contribution in [2.24, 2.45) is 0 Å². The van der Waals surface area contributed by atoms with Crippen molar-refractivity contribution in [1.82, 2.24) is 10.2 Å². The molecule has 20 heavy (non-hydrogen) atoms. The molecule has 4 unspecified atom stereocenters. The van der Waals surface area contributed by atoms with Gasteiger partial charge in [0.1, 0.15) is 17.5 Å². The van der Waals surface area contributed by atoms with Crippen molar-refractivity contribution in [3.05, 3.63) is 12.7 Å². The van der Waals surface area contributed by atoms with Crippen LogP contribution in [0.5, 0.6) is 0 Å². The van der Waals surface area contributed by atoms with Gasteiger partial charge in [-0.3, -0.25) is 4.79 Å².